The van der Waals surface area contributed by atoms with Gasteiger partial charge in [-0.25, -0.2) is 0 Å². The maximum Gasteiger partial charge on any atom is 0.248 e. The summed E-state index contributed by atoms with van der Waals surface area (Å²) in [4.78, 5) is 16.1. The molecule has 1 aliphatic rings. The van der Waals surface area contributed by atoms with E-state index in [2.05, 4.69) is 19.0 Å². The Morgan fingerprint density at radius 1 is 1.29 bits per heavy atom. The molecule has 1 amide bonds. The fourth-order valence-corrected chi connectivity index (χ4v) is 2.00. The van der Waals surface area contributed by atoms with Gasteiger partial charge < -0.3 is 14.5 Å². The minimum Gasteiger partial charge on any atom is -0.366 e. The van der Waals surface area contributed by atoms with E-state index in [-0.39, 0.29) is 18.1 Å². The van der Waals surface area contributed by atoms with Crippen molar-refractivity contribution in [3.63, 3.8) is 0 Å². The van der Waals surface area contributed by atoms with Gasteiger partial charge in [-0.05, 0) is 47.7 Å². The smallest absolute Gasteiger partial charge is 0.248 e. The number of ether oxygens (including phenoxy) is 1. The summed E-state index contributed by atoms with van der Waals surface area (Å²) >= 11 is 0. The van der Waals surface area contributed by atoms with Crippen LogP contribution in [0.5, 0.6) is 0 Å². The first-order chi connectivity index (χ1) is 7.79. The molecule has 1 aliphatic heterocycles. The van der Waals surface area contributed by atoms with Crippen LogP contribution in [0.4, 0.5) is 0 Å². The number of nitrogens with zero attached hydrogens (tertiary/aromatic N) is 2. The molecule has 1 rings (SSSR count). The highest BCUT2D eigenvalue weighted by molar-refractivity contribution is 5.77. The van der Waals surface area contributed by atoms with Crippen LogP contribution in [0.15, 0.2) is 0 Å². The Bertz CT molecular complexity index is 251. The maximum absolute atomic E-state index is 11.9. The monoisotopic (exact) mass is 242 g/mol. The molecule has 0 aromatic carbocycles. The molecule has 1 saturated heterocycles. The quantitative estimate of drug-likeness (QED) is 0.749. The van der Waals surface area contributed by atoms with Gasteiger partial charge in [-0.1, -0.05) is 0 Å². The summed E-state index contributed by atoms with van der Waals surface area (Å²) in [6.45, 7) is 7.83. The van der Waals surface area contributed by atoms with Crippen molar-refractivity contribution in [2.75, 3.05) is 33.8 Å². The first-order valence-electron chi connectivity index (χ1n) is 6.38. The van der Waals surface area contributed by atoms with Gasteiger partial charge in [-0.3, -0.25) is 4.79 Å². The van der Waals surface area contributed by atoms with E-state index in [0.29, 0.717) is 6.04 Å². The highest BCUT2D eigenvalue weighted by atomic mass is 16.5. The molecule has 0 saturated carbocycles. The topological polar surface area (TPSA) is 32.8 Å². The minimum atomic E-state index is -0.238. The van der Waals surface area contributed by atoms with Crippen molar-refractivity contribution in [2.45, 2.75) is 45.3 Å². The van der Waals surface area contributed by atoms with Crippen LogP contribution in [0, 0.1) is 0 Å². The third-order valence-electron chi connectivity index (χ3n) is 3.18. The molecule has 17 heavy (non-hydrogen) atoms. The van der Waals surface area contributed by atoms with Crippen molar-refractivity contribution >= 4 is 5.91 Å². The average molecular weight is 242 g/mol. The van der Waals surface area contributed by atoms with Gasteiger partial charge in [-0.15, -0.1) is 0 Å². The molecule has 0 atom stereocenters. The Hall–Kier alpha value is -0.610. The molecule has 0 aromatic heterocycles. The van der Waals surface area contributed by atoms with Crippen LogP contribution < -0.4 is 0 Å². The van der Waals surface area contributed by atoms with Crippen LogP contribution in [0.25, 0.3) is 0 Å². The van der Waals surface area contributed by atoms with Gasteiger partial charge in [0.1, 0.15) is 6.61 Å². The first kappa shape index (κ1) is 14.5. The van der Waals surface area contributed by atoms with E-state index in [9.17, 15) is 4.79 Å². The van der Waals surface area contributed by atoms with Crippen molar-refractivity contribution in [3.8, 4) is 0 Å². The van der Waals surface area contributed by atoms with Gasteiger partial charge >= 0.3 is 0 Å². The lowest BCUT2D eigenvalue weighted by Crippen LogP contribution is -2.46. The predicted molar refractivity (Wildman–Crippen MR) is 69.0 cm³/mol. The second-order valence-corrected chi connectivity index (χ2v) is 5.98. The molecule has 0 aromatic rings. The second kappa shape index (κ2) is 5.83. The summed E-state index contributed by atoms with van der Waals surface area (Å²) in [6, 6.07) is 0.614. The Morgan fingerprint density at radius 3 is 2.24 bits per heavy atom. The summed E-state index contributed by atoms with van der Waals surface area (Å²) in [6.07, 6.45) is 2.13. The van der Waals surface area contributed by atoms with E-state index in [1.807, 2.05) is 25.7 Å². The number of carbonyl (C=O) groups is 1. The summed E-state index contributed by atoms with van der Waals surface area (Å²) < 4.78 is 5.52. The number of likely N-dealkylation sites (tertiary alicyclic amines) is 1. The molecular formula is C13H26N2O2. The van der Waals surface area contributed by atoms with Gasteiger partial charge in [-0.2, -0.15) is 0 Å². The number of rotatable bonds is 3. The van der Waals surface area contributed by atoms with Crippen molar-refractivity contribution in [1.82, 2.24) is 9.80 Å². The van der Waals surface area contributed by atoms with Gasteiger partial charge in [0.2, 0.25) is 5.91 Å². The largest absolute Gasteiger partial charge is 0.366 e. The van der Waals surface area contributed by atoms with E-state index in [0.717, 1.165) is 25.9 Å². The molecule has 0 radical (unpaired) electrons. The molecule has 0 aliphatic carbocycles. The lowest BCUT2D eigenvalue weighted by atomic mass is 10.0. The number of amides is 1. The molecule has 0 unspecified atom stereocenters. The van der Waals surface area contributed by atoms with Crippen LogP contribution in [0.3, 0.4) is 0 Å². The molecule has 4 nitrogen and oxygen atoms in total. The van der Waals surface area contributed by atoms with Crippen LogP contribution in [0.1, 0.15) is 33.6 Å². The van der Waals surface area contributed by atoms with Gasteiger partial charge in [0, 0.05) is 19.1 Å². The van der Waals surface area contributed by atoms with Gasteiger partial charge in [0.15, 0.2) is 0 Å². The fraction of sp³-hybridized carbons (Fsp3) is 0.923. The number of carbonyl (C=O) groups excluding carboxylic acids is 1. The van der Waals surface area contributed by atoms with Crippen LogP contribution in [-0.2, 0) is 9.53 Å². The Balaban J connectivity index is 2.31. The highest BCUT2D eigenvalue weighted by Gasteiger charge is 2.24. The predicted octanol–water partition coefficient (Wildman–Crippen LogP) is 1.35. The first-order valence-corrected chi connectivity index (χ1v) is 6.38. The van der Waals surface area contributed by atoms with E-state index in [4.69, 9.17) is 4.74 Å². The van der Waals surface area contributed by atoms with Gasteiger partial charge in [0.05, 0.1) is 5.60 Å². The van der Waals surface area contributed by atoms with Crippen molar-refractivity contribution in [1.29, 1.82) is 0 Å². The molecule has 100 valence electrons. The molecule has 0 spiro atoms. The van der Waals surface area contributed by atoms with Crippen LogP contribution in [0.2, 0.25) is 0 Å². The average Bonchev–Trinajstić information content (AvgIpc) is 2.25. The molecule has 1 heterocycles. The Kier molecular flexibility index (Phi) is 4.95. The van der Waals surface area contributed by atoms with Crippen LogP contribution in [-0.4, -0.2) is 61.1 Å². The zero-order chi connectivity index (χ0) is 13.1. The number of hydrogen-bond donors (Lipinski definition) is 0. The lowest BCUT2D eigenvalue weighted by Gasteiger charge is -2.35. The third-order valence-corrected chi connectivity index (χ3v) is 3.18. The maximum atomic E-state index is 11.9. The summed E-state index contributed by atoms with van der Waals surface area (Å²) in [5.74, 6) is 0.122. The van der Waals surface area contributed by atoms with Gasteiger partial charge in [0.25, 0.3) is 0 Å². The summed E-state index contributed by atoms with van der Waals surface area (Å²) in [5, 5.41) is 0. The SMILES string of the molecule is CN(C)C1CCN(C(=O)COC(C)(C)C)CC1. The Morgan fingerprint density at radius 2 is 1.82 bits per heavy atom. The van der Waals surface area contributed by atoms with E-state index in [1.165, 1.54) is 0 Å². The molecular weight excluding hydrogens is 216 g/mol. The number of piperidine rings is 1. The minimum absolute atomic E-state index is 0.122. The molecule has 0 N–H and O–H groups in total. The Labute approximate surface area is 105 Å². The molecule has 4 heteroatoms. The standard InChI is InChI=1S/C13H26N2O2/c1-13(2,3)17-10-12(16)15-8-6-11(7-9-15)14(4)5/h11H,6-10H2,1-5H3. The van der Waals surface area contributed by atoms with Crippen molar-refractivity contribution in [3.05, 3.63) is 0 Å². The summed E-state index contributed by atoms with van der Waals surface area (Å²) in [5.41, 5.74) is -0.238. The number of hydrogen-bond acceptors (Lipinski definition) is 3. The fourth-order valence-electron chi connectivity index (χ4n) is 2.00. The van der Waals surface area contributed by atoms with E-state index < -0.39 is 0 Å². The zero-order valence-corrected chi connectivity index (χ0v) is 11.8. The summed E-state index contributed by atoms with van der Waals surface area (Å²) in [7, 11) is 4.20. The van der Waals surface area contributed by atoms with E-state index in [1.54, 1.807) is 0 Å². The van der Waals surface area contributed by atoms with Crippen molar-refractivity contribution < 1.29 is 9.53 Å². The normalized spacial score (nSPS) is 18.8. The zero-order valence-electron chi connectivity index (χ0n) is 11.8. The van der Waals surface area contributed by atoms with E-state index >= 15 is 0 Å². The second-order valence-electron chi connectivity index (χ2n) is 5.98. The molecule has 0 bridgehead atoms. The third kappa shape index (κ3) is 5.04. The van der Waals surface area contributed by atoms with Crippen molar-refractivity contribution in [2.24, 2.45) is 0 Å². The lowest BCUT2D eigenvalue weighted by molar-refractivity contribution is -0.142. The highest BCUT2D eigenvalue weighted by Crippen LogP contribution is 2.15. The van der Waals surface area contributed by atoms with Crippen LogP contribution >= 0.6 is 0 Å². The molecule has 1 fully saturated rings.